The van der Waals surface area contributed by atoms with Gasteiger partial charge in [0, 0.05) is 5.41 Å². The summed E-state index contributed by atoms with van der Waals surface area (Å²) < 4.78 is 0. The Kier molecular flexibility index (Phi) is 4.81. The maximum absolute atomic E-state index is 12.5. The van der Waals surface area contributed by atoms with Crippen LogP contribution in [0, 0.1) is 23.7 Å². The summed E-state index contributed by atoms with van der Waals surface area (Å²) in [4.78, 5) is 25.1. The van der Waals surface area contributed by atoms with E-state index in [-0.39, 0.29) is 11.8 Å². The fourth-order valence-corrected chi connectivity index (χ4v) is 3.55. The van der Waals surface area contributed by atoms with Crippen LogP contribution in [0.5, 0.6) is 0 Å². The summed E-state index contributed by atoms with van der Waals surface area (Å²) in [5, 5.41) is 15.8. The van der Waals surface area contributed by atoms with Gasteiger partial charge in [0.1, 0.15) is 5.54 Å². The van der Waals surface area contributed by atoms with Crippen LogP contribution in [-0.4, -0.2) is 17.4 Å². The molecule has 0 unspecified atom stereocenters. The standard InChI is InChI=1S/C17H23N3O2S/c1-11-9-12(19-15(22)16(2,3)4)23-13(11)14(21)20-17(10-18)7-5-6-8-17/h9H,5-8H2,1-4H3,(H,19,22)(H,20,21). The molecule has 5 nitrogen and oxygen atoms in total. The highest BCUT2D eigenvalue weighted by Gasteiger charge is 2.36. The van der Waals surface area contributed by atoms with E-state index in [0.717, 1.165) is 18.4 Å². The van der Waals surface area contributed by atoms with Gasteiger partial charge < -0.3 is 10.6 Å². The van der Waals surface area contributed by atoms with E-state index in [1.165, 1.54) is 11.3 Å². The summed E-state index contributed by atoms with van der Waals surface area (Å²) in [5.74, 6) is -0.317. The molecule has 2 N–H and O–H groups in total. The van der Waals surface area contributed by atoms with Gasteiger partial charge in [-0.3, -0.25) is 9.59 Å². The highest BCUT2D eigenvalue weighted by atomic mass is 32.1. The molecule has 124 valence electrons. The number of nitrogens with zero attached hydrogens (tertiary/aromatic N) is 1. The van der Waals surface area contributed by atoms with Gasteiger partial charge in [0.05, 0.1) is 15.9 Å². The molecule has 1 saturated carbocycles. The van der Waals surface area contributed by atoms with Crippen molar-refractivity contribution in [1.29, 1.82) is 5.26 Å². The summed E-state index contributed by atoms with van der Waals surface area (Å²) in [6.45, 7) is 7.36. The second kappa shape index (κ2) is 6.32. The number of hydrogen-bond donors (Lipinski definition) is 2. The largest absolute Gasteiger partial charge is 0.333 e. The fraction of sp³-hybridized carbons (Fsp3) is 0.588. The van der Waals surface area contributed by atoms with Gasteiger partial charge in [-0.25, -0.2) is 0 Å². The van der Waals surface area contributed by atoms with E-state index in [1.807, 2.05) is 27.7 Å². The van der Waals surface area contributed by atoms with Crippen LogP contribution in [0.15, 0.2) is 6.07 Å². The summed E-state index contributed by atoms with van der Waals surface area (Å²) >= 11 is 1.25. The van der Waals surface area contributed by atoms with Crippen molar-refractivity contribution in [2.75, 3.05) is 5.32 Å². The van der Waals surface area contributed by atoms with E-state index in [0.29, 0.717) is 22.7 Å². The van der Waals surface area contributed by atoms with Crippen molar-refractivity contribution in [2.45, 2.75) is 58.9 Å². The van der Waals surface area contributed by atoms with Crippen molar-refractivity contribution in [2.24, 2.45) is 5.41 Å². The third-order valence-corrected chi connectivity index (χ3v) is 5.22. The Bertz CT molecular complexity index is 658. The Morgan fingerprint density at radius 2 is 1.91 bits per heavy atom. The molecule has 2 rings (SSSR count). The predicted octanol–water partition coefficient (Wildman–Crippen LogP) is 3.61. The van der Waals surface area contributed by atoms with Crippen LogP contribution in [-0.2, 0) is 4.79 Å². The number of amides is 2. The van der Waals surface area contributed by atoms with Crippen molar-refractivity contribution in [3.63, 3.8) is 0 Å². The number of carbonyl (C=O) groups is 2. The lowest BCUT2D eigenvalue weighted by molar-refractivity contribution is -0.123. The third-order valence-electron chi connectivity index (χ3n) is 4.07. The monoisotopic (exact) mass is 333 g/mol. The minimum absolute atomic E-state index is 0.0880. The molecule has 1 aromatic heterocycles. The van der Waals surface area contributed by atoms with Crippen LogP contribution in [0.1, 0.15) is 61.7 Å². The molecular formula is C17H23N3O2S. The van der Waals surface area contributed by atoms with Crippen LogP contribution >= 0.6 is 11.3 Å². The average molecular weight is 333 g/mol. The van der Waals surface area contributed by atoms with Crippen molar-refractivity contribution in [1.82, 2.24) is 5.32 Å². The summed E-state index contributed by atoms with van der Waals surface area (Å²) in [6, 6.07) is 4.06. The second-order valence-corrected chi connectivity index (χ2v) is 8.23. The van der Waals surface area contributed by atoms with Crippen LogP contribution in [0.2, 0.25) is 0 Å². The number of hydrogen-bond acceptors (Lipinski definition) is 4. The first-order valence-corrected chi connectivity index (χ1v) is 8.64. The van der Waals surface area contributed by atoms with E-state index in [1.54, 1.807) is 6.07 Å². The Balaban J connectivity index is 2.13. The van der Waals surface area contributed by atoms with Gasteiger partial charge in [-0.1, -0.05) is 20.8 Å². The van der Waals surface area contributed by atoms with E-state index in [2.05, 4.69) is 16.7 Å². The first-order chi connectivity index (χ1) is 10.7. The Hall–Kier alpha value is -1.87. The number of aryl methyl sites for hydroxylation is 1. The van der Waals surface area contributed by atoms with Crippen LogP contribution < -0.4 is 10.6 Å². The van der Waals surface area contributed by atoms with Gasteiger partial charge in [0.25, 0.3) is 5.91 Å². The lowest BCUT2D eigenvalue weighted by Gasteiger charge is -2.21. The van der Waals surface area contributed by atoms with Crippen molar-refractivity contribution < 1.29 is 9.59 Å². The van der Waals surface area contributed by atoms with Crippen LogP contribution in [0.4, 0.5) is 5.00 Å². The van der Waals surface area contributed by atoms with Gasteiger partial charge >= 0.3 is 0 Å². The predicted molar refractivity (Wildman–Crippen MR) is 91.4 cm³/mol. The van der Waals surface area contributed by atoms with E-state index in [9.17, 15) is 14.9 Å². The van der Waals surface area contributed by atoms with Gasteiger partial charge in [-0.15, -0.1) is 11.3 Å². The molecule has 1 heterocycles. The molecule has 0 aliphatic heterocycles. The van der Waals surface area contributed by atoms with Crippen LogP contribution in [0.25, 0.3) is 0 Å². The molecule has 6 heteroatoms. The number of nitriles is 1. The van der Waals surface area contributed by atoms with E-state index in [4.69, 9.17) is 0 Å². The molecular weight excluding hydrogens is 310 g/mol. The van der Waals surface area contributed by atoms with E-state index >= 15 is 0 Å². The lowest BCUT2D eigenvalue weighted by Crippen LogP contribution is -2.45. The molecule has 0 bridgehead atoms. The highest BCUT2D eigenvalue weighted by Crippen LogP contribution is 2.32. The molecule has 23 heavy (non-hydrogen) atoms. The molecule has 0 radical (unpaired) electrons. The van der Waals surface area contributed by atoms with Crippen molar-refractivity contribution in [3.8, 4) is 6.07 Å². The molecule has 0 spiro atoms. The molecule has 0 saturated heterocycles. The maximum Gasteiger partial charge on any atom is 0.262 e. The molecule has 0 aromatic carbocycles. The lowest BCUT2D eigenvalue weighted by atomic mass is 9.96. The first-order valence-electron chi connectivity index (χ1n) is 7.82. The SMILES string of the molecule is Cc1cc(NC(=O)C(C)(C)C)sc1C(=O)NC1(C#N)CCCC1. The first kappa shape index (κ1) is 17.5. The quantitative estimate of drug-likeness (QED) is 0.886. The second-order valence-electron chi connectivity index (χ2n) is 7.18. The molecule has 1 aliphatic rings. The summed E-state index contributed by atoms with van der Waals surface area (Å²) in [6.07, 6.45) is 3.33. The topological polar surface area (TPSA) is 82.0 Å². The molecule has 1 aromatic rings. The van der Waals surface area contributed by atoms with Gasteiger partial charge in [-0.2, -0.15) is 5.26 Å². The van der Waals surface area contributed by atoms with Crippen molar-refractivity contribution in [3.05, 3.63) is 16.5 Å². The molecule has 1 aliphatic carbocycles. The normalized spacial score (nSPS) is 16.7. The fourth-order valence-electron chi connectivity index (χ4n) is 2.59. The Morgan fingerprint density at radius 3 is 2.43 bits per heavy atom. The number of rotatable bonds is 3. The zero-order valence-corrected chi connectivity index (χ0v) is 14.9. The van der Waals surface area contributed by atoms with Gasteiger partial charge in [-0.05, 0) is 44.2 Å². The van der Waals surface area contributed by atoms with Gasteiger partial charge in [0.15, 0.2) is 0 Å². The molecule has 0 atom stereocenters. The maximum atomic E-state index is 12.5. The molecule has 1 fully saturated rings. The Labute approximate surface area is 141 Å². The number of thiophene rings is 1. The number of anilines is 1. The van der Waals surface area contributed by atoms with Crippen molar-refractivity contribution >= 4 is 28.2 Å². The average Bonchev–Trinajstić information content (AvgIpc) is 3.05. The zero-order chi connectivity index (χ0) is 17.3. The molecule has 2 amide bonds. The summed E-state index contributed by atoms with van der Waals surface area (Å²) in [7, 11) is 0. The minimum atomic E-state index is -0.734. The Morgan fingerprint density at radius 1 is 1.30 bits per heavy atom. The minimum Gasteiger partial charge on any atom is -0.333 e. The third kappa shape index (κ3) is 3.91. The highest BCUT2D eigenvalue weighted by molar-refractivity contribution is 7.18. The number of carbonyl (C=O) groups excluding carboxylic acids is 2. The smallest absolute Gasteiger partial charge is 0.262 e. The van der Waals surface area contributed by atoms with E-state index < -0.39 is 11.0 Å². The summed E-state index contributed by atoms with van der Waals surface area (Å²) in [5.41, 5.74) is -0.417. The zero-order valence-electron chi connectivity index (χ0n) is 14.1. The van der Waals surface area contributed by atoms with Gasteiger partial charge in [0.2, 0.25) is 5.91 Å². The number of nitrogens with one attached hydrogen (secondary N) is 2. The van der Waals surface area contributed by atoms with Crippen LogP contribution in [0.3, 0.4) is 0 Å².